The lowest BCUT2D eigenvalue weighted by Gasteiger charge is -2.39. The first kappa shape index (κ1) is 13.3. The zero-order valence-corrected chi connectivity index (χ0v) is 11.2. The summed E-state index contributed by atoms with van der Waals surface area (Å²) in [6, 6.07) is 20.9. The van der Waals surface area contributed by atoms with Crippen molar-refractivity contribution in [3.05, 3.63) is 71.8 Å². The van der Waals surface area contributed by atoms with Crippen LogP contribution in [-0.4, -0.2) is 5.11 Å². The fraction of sp³-hybridized carbons (Fsp3) is 0.235. The Morgan fingerprint density at radius 2 is 1.21 bits per heavy atom. The van der Waals surface area contributed by atoms with E-state index in [-0.39, 0.29) is 0 Å². The molecule has 2 aromatic carbocycles. The van der Waals surface area contributed by atoms with E-state index in [0.29, 0.717) is 0 Å². The van der Waals surface area contributed by atoms with Gasteiger partial charge in [0.25, 0.3) is 0 Å². The topological polar surface area (TPSA) is 44.0 Å². The van der Waals surface area contributed by atoms with E-state index in [4.69, 9.17) is 0 Å². The molecule has 0 saturated carbocycles. The van der Waals surface area contributed by atoms with Gasteiger partial charge in [-0.2, -0.15) is 5.26 Å². The van der Waals surface area contributed by atoms with Gasteiger partial charge in [0, 0.05) is 0 Å². The highest BCUT2D eigenvalue weighted by atomic mass is 16.3. The second-order valence-corrected chi connectivity index (χ2v) is 5.18. The first-order chi connectivity index (χ1) is 9.02. The van der Waals surface area contributed by atoms with Gasteiger partial charge in [-0.05, 0) is 25.0 Å². The molecule has 0 aromatic heterocycles. The molecule has 0 amide bonds. The lowest BCUT2D eigenvalue weighted by atomic mass is 9.68. The van der Waals surface area contributed by atoms with Crippen molar-refractivity contribution < 1.29 is 5.11 Å². The van der Waals surface area contributed by atoms with E-state index in [9.17, 15) is 10.4 Å². The van der Waals surface area contributed by atoms with Crippen molar-refractivity contribution in [2.24, 2.45) is 5.41 Å². The Morgan fingerprint density at radius 1 is 0.842 bits per heavy atom. The Labute approximate surface area is 114 Å². The molecular formula is C17H17NO. The molecule has 2 nitrogen and oxygen atoms in total. The molecule has 0 radical (unpaired) electrons. The molecule has 2 rings (SSSR count). The maximum Gasteiger partial charge on any atom is 0.133 e. The van der Waals surface area contributed by atoms with Crippen LogP contribution in [0.4, 0.5) is 0 Å². The molecule has 0 saturated heterocycles. The standard InChI is InChI=1S/C17H17NO/c1-16(2,13-18)17(19,14-9-5-3-6-10-14)15-11-7-4-8-12-15/h3-12,19H,1-2H3. The van der Waals surface area contributed by atoms with Crippen LogP contribution in [0.25, 0.3) is 0 Å². The van der Waals surface area contributed by atoms with Crippen LogP contribution in [0.2, 0.25) is 0 Å². The van der Waals surface area contributed by atoms with Gasteiger partial charge in [0.05, 0.1) is 11.5 Å². The Balaban J connectivity index is 2.69. The van der Waals surface area contributed by atoms with Gasteiger partial charge in [-0.3, -0.25) is 0 Å². The van der Waals surface area contributed by atoms with Crippen molar-refractivity contribution in [3.8, 4) is 6.07 Å². The van der Waals surface area contributed by atoms with E-state index in [2.05, 4.69) is 6.07 Å². The van der Waals surface area contributed by atoms with E-state index >= 15 is 0 Å². The number of rotatable bonds is 3. The van der Waals surface area contributed by atoms with E-state index in [0.717, 1.165) is 11.1 Å². The van der Waals surface area contributed by atoms with Crippen molar-refractivity contribution in [1.29, 1.82) is 5.26 Å². The van der Waals surface area contributed by atoms with Gasteiger partial charge in [-0.25, -0.2) is 0 Å². The zero-order chi connectivity index (χ0) is 13.9. The van der Waals surface area contributed by atoms with Crippen LogP contribution in [0.3, 0.4) is 0 Å². The van der Waals surface area contributed by atoms with Crippen LogP contribution in [0.15, 0.2) is 60.7 Å². The summed E-state index contributed by atoms with van der Waals surface area (Å²) in [6.45, 7) is 3.51. The molecule has 19 heavy (non-hydrogen) atoms. The molecule has 2 aromatic rings. The summed E-state index contributed by atoms with van der Waals surface area (Å²) < 4.78 is 0. The third-order valence-electron chi connectivity index (χ3n) is 3.57. The average molecular weight is 251 g/mol. The number of nitriles is 1. The van der Waals surface area contributed by atoms with Gasteiger partial charge < -0.3 is 5.11 Å². The maximum absolute atomic E-state index is 11.3. The SMILES string of the molecule is CC(C)(C#N)C(O)(c1ccccc1)c1ccccc1. The second-order valence-electron chi connectivity index (χ2n) is 5.18. The molecule has 0 bridgehead atoms. The van der Waals surface area contributed by atoms with Crippen molar-refractivity contribution in [2.75, 3.05) is 0 Å². The minimum absolute atomic E-state index is 0.729. The molecule has 0 heterocycles. The maximum atomic E-state index is 11.3. The summed E-state index contributed by atoms with van der Waals surface area (Å²) in [5.41, 5.74) is -0.805. The molecule has 96 valence electrons. The summed E-state index contributed by atoms with van der Waals surface area (Å²) in [5, 5.41) is 20.7. The third-order valence-corrected chi connectivity index (χ3v) is 3.57. The van der Waals surface area contributed by atoms with Crippen LogP contribution < -0.4 is 0 Å². The number of aliphatic hydroxyl groups is 1. The van der Waals surface area contributed by atoms with Crippen molar-refractivity contribution in [2.45, 2.75) is 19.4 Å². The molecule has 0 aliphatic rings. The van der Waals surface area contributed by atoms with E-state index < -0.39 is 11.0 Å². The van der Waals surface area contributed by atoms with Crippen LogP contribution in [0, 0.1) is 16.7 Å². The van der Waals surface area contributed by atoms with Gasteiger partial charge in [0.1, 0.15) is 5.60 Å². The fourth-order valence-electron chi connectivity index (χ4n) is 2.33. The van der Waals surface area contributed by atoms with Crippen LogP contribution >= 0.6 is 0 Å². The monoisotopic (exact) mass is 251 g/mol. The molecule has 0 fully saturated rings. The first-order valence-electron chi connectivity index (χ1n) is 6.27. The second kappa shape index (κ2) is 4.87. The van der Waals surface area contributed by atoms with Gasteiger partial charge in [0.15, 0.2) is 0 Å². The van der Waals surface area contributed by atoms with Gasteiger partial charge in [0.2, 0.25) is 0 Å². The van der Waals surface area contributed by atoms with Crippen molar-refractivity contribution in [3.63, 3.8) is 0 Å². The lowest BCUT2D eigenvalue weighted by molar-refractivity contribution is -0.00486. The Hall–Kier alpha value is -2.11. The van der Waals surface area contributed by atoms with E-state index in [1.807, 2.05) is 60.7 Å². The third kappa shape index (κ3) is 2.14. The van der Waals surface area contributed by atoms with Crippen LogP contribution in [0.5, 0.6) is 0 Å². The van der Waals surface area contributed by atoms with Crippen molar-refractivity contribution in [1.82, 2.24) is 0 Å². The Morgan fingerprint density at radius 3 is 1.53 bits per heavy atom. The lowest BCUT2D eigenvalue weighted by Crippen LogP contribution is -2.42. The van der Waals surface area contributed by atoms with E-state index in [1.54, 1.807) is 13.8 Å². The minimum Gasteiger partial charge on any atom is -0.379 e. The number of hydrogen-bond acceptors (Lipinski definition) is 2. The number of nitrogens with zero attached hydrogens (tertiary/aromatic N) is 1. The minimum atomic E-state index is -1.33. The number of benzene rings is 2. The summed E-state index contributed by atoms with van der Waals surface area (Å²) in [6.07, 6.45) is 0. The van der Waals surface area contributed by atoms with Crippen LogP contribution in [0.1, 0.15) is 25.0 Å². The highest BCUT2D eigenvalue weighted by Crippen LogP contribution is 2.44. The molecule has 1 N–H and O–H groups in total. The smallest absolute Gasteiger partial charge is 0.133 e. The molecule has 0 aliphatic carbocycles. The number of hydrogen-bond donors (Lipinski definition) is 1. The van der Waals surface area contributed by atoms with Gasteiger partial charge >= 0.3 is 0 Å². The summed E-state index contributed by atoms with van der Waals surface area (Å²) in [4.78, 5) is 0. The normalized spacial score (nSPS) is 11.9. The fourth-order valence-corrected chi connectivity index (χ4v) is 2.33. The molecule has 0 aliphatic heterocycles. The molecule has 2 heteroatoms. The Kier molecular flexibility index (Phi) is 3.42. The molecule has 0 atom stereocenters. The largest absolute Gasteiger partial charge is 0.379 e. The van der Waals surface area contributed by atoms with Gasteiger partial charge in [-0.1, -0.05) is 60.7 Å². The highest BCUT2D eigenvalue weighted by Gasteiger charge is 2.46. The van der Waals surface area contributed by atoms with E-state index in [1.165, 1.54) is 0 Å². The van der Waals surface area contributed by atoms with Crippen molar-refractivity contribution >= 4 is 0 Å². The molecule has 0 unspecified atom stereocenters. The van der Waals surface area contributed by atoms with Crippen LogP contribution in [-0.2, 0) is 5.60 Å². The summed E-state index contributed by atoms with van der Waals surface area (Å²) in [5.74, 6) is 0. The summed E-state index contributed by atoms with van der Waals surface area (Å²) in [7, 11) is 0. The summed E-state index contributed by atoms with van der Waals surface area (Å²) >= 11 is 0. The predicted molar refractivity (Wildman–Crippen MR) is 75.3 cm³/mol. The highest BCUT2D eigenvalue weighted by molar-refractivity contribution is 5.40. The predicted octanol–water partition coefficient (Wildman–Crippen LogP) is 3.47. The van der Waals surface area contributed by atoms with Gasteiger partial charge in [-0.15, -0.1) is 0 Å². The molecular weight excluding hydrogens is 234 g/mol. The average Bonchev–Trinajstić information content (AvgIpc) is 2.48. The Bertz CT molecular complexity index is 542. The molecule has 0 spiro atoms. The zero-order valence-electron chi connectivity index (χ0n) is 11.2. The quantitative estimate of drug-likeness (QED) is 0.907. The first-order valence-corrected chi connectivity index (χ1v) is 6.27.